The zero-order chi connectivity index (χ0) is 18.4. The molecule has 0 saturated heterocycles. The van der Waals surface area contributed by atoms with Crippen molar-refractivity contribution in [1.82, 2.24) is 0 Å². The van der Waals surface area contributed by atoms with Gasteiger partial charge in [0.2, 0.25) is 0 Å². The molecule has 5 nitrogen and oxygen atoms in total. The summed E-state index contributed by atoms with van der Waals surface area (Å²) in [6, 6.07) is 9.44. The second-order valence-electron chi connectivity index (χ2n) is 5.43. The number of esters is 1. The molecule has 0 saturated carbocycles. The number of hydrogen-bond acceptors (Lipinski definition) is 6. The van der Waals surface area contributed by atoms with Crippen molar-refractivity contribution in [2.24, 2.45) is 10.9 Å². The molecule has 1 heterocycles. The van der Waals surface area contributed by atoms with Crippen LogP contribution in [-0.4, -0.2) is 38.3 Å². The third-order valence-corrected chi connectivity index (χ3v) is 4.98. The van der Waals surface area contributed by atoms with Crippen LogP contribution in [0.5, 0.6) is 0 Å². The van der Waals surface area contributed by atoms with Crippen molar-refractivity contribution < 1.29 is 14.3 Å². The summed E-state index contributed by atoms with van der Waals surface area (Å²) in [6.07, 6.45) is 1.85. The minimum absolute atomic E-state index is 0.148. The van der Waals surface area contributed by atoms with Crippen molar-refractivity contribution in [3.05, 3.63) is 45.5 Å². The predicted octanol–water partition coefficient (Wildman–Crippen LogP) is 3.80. The maximum Gasteiger partial charge on any atom is 0.315 e. The summed E-state index contributed by atoms with van der Waals surface area (Å²) in [7, 11) is 1.54. The molecule has 0 N–H and O–H groups in total. The maximum absolute atomic E-state index is 12.7. The van der Waals surface area contributed by atoms with Gasteiger partial charge < -0.3 is 9.47 Å². The van der Waals surface area contributed by atoms with Crippen LogP contribution in [0.25, 0.3) is 0 Å². The van der Waals surface area contributed by atoms with Crippen molar-refractivity contribution in [3.8, 4) is 6.07 Å². The Labute approximate surface area is 156 Å². The van der Waals surface area contributed by atoms with Crippen LogP contribution in [0.3, 0.4) is 0 Å². The summed E-state index contributed by atoms with van der Waals surface area (Å²) in [4.78, 5) is 17.1. The van der Waals surface area contributed by atoms with Gasteiger partial charge in [-0.25, -0.2) is 4.99 Å². The first-order chi connectivity index (χ1) is 12.0. The molecule has 2 atom stereocenters. The van der Waals surface area contributed by atoms with Crippen molar-refractivity contribution in [2.75, 3.05) is 26.6 Å². The number of carbonyl (C=O) groups is 1. The zero-order valence-corrected chi connectivity index (χ0v) is 15.9. The van der Waals surface area contributed by atoms with Crippen molar-refractivity contribution in [3.63, 3.8) is 0 Å². The van der Waals surface area contributed by atoms with E-state index in [2.05, 4.69) is 11.1 Å². The summed E-state index contributed by atoms with van der Waals surface area (Å²) in [5.41, 5.74) is 1.76. The lowest BCUT2D eigenvalue weighted by Gasteiger charge is -2.30. The number of nitrogens with zero attached hydrogens (tertiary/aromatic N) is 2. The van der Waals surface area contributed by atoms with Crippen LogP contribution in [-0.2, 0) is 14.3 Å². The Hall–Kier alpha value is -1.81. The van der Waals surface area contributed by atoms with E-state index in [-0.39, 0.29) is 6.61 Å². The van der Waals surface area contributed by atoms with E-state index in [1.54, 1.807) is 13.0 Å². The molecule has 2 rings (SSSR count). The van der Waals surface area contributed by atoms with Gasteiger partial charge in [-0.3, -0.25) is 4.79 Å². The van der Waals surface area contributed by atoms with Gasteiger partial charge in [-0.15, -0.1) is 11.8 Å². The summed E-state index contributed by atoms with van der Waals surface area (Å²) >= 11 is 7.74. The molecule has 1 aliphatic rings. The van der Waals surface area contributed by atoms with E-state index in [4.69, 9.17) is 21.1 Å². The van der Waals surface area contributed by atoms with E-state index in [9.17, 15) is 10.1 Å². The SMILES string of the molecule is COCCOC(=O)C1C(C)=NC(SC)=C(C#N)[C@@H]1c1ccccc1Cl. The number of allylic oxidation sites excluding steroid dienone is 1. The standard InChI is InChI=1S/C18H19ClN2O3S/c1-11-15(18(22)24-9-8-23-2)16(12-6-4-5-7-14(12)19)13(10-20)17(21-11)25-3/h4-7,15-16H,8-9H2,1-3H3/t15?,16-/m0/s1. The molecule has 0 fully saturated rings. The molecule has 0 radical (unpaired) electrons. The van der Waals surface area contributed by atoms with Gasteiger partial charge in [0.1, 0.15) is 17.6 Å². The Balaban J connectivity index is 2.51. The lowest BCUT2D eigenvalue weighted by molar-refractivity contribution is -0.147. The second-order valence-corrected chi connectivity index (χ2v) is 6.63. The highest BCUT2D eigenvalue weighted by Gasteiger charge is 2.41. The van der Waals surface area contributed by atoms with Gasteiger partial charge in [0.15, 0.2) is 0 Å². The topological polar surface area (TPSA) is 71.7 Å². The zero-order valence-electron chi connectivity index (χ0n) is 14.3. The minimum Gasteiger partial charge on any atom is -0.463 e. The first-order valence-corrected chi connectivity index (χ1v) is 9.28. The largest absolute Gasteiger partial charge is 0.463 e. The highest BCUT2D eigenvalue weighted by Crippen LogP contribution is 2.43. The molecule has 1 aromatic rings. The lowest BCUT2D eigenvalue weighted by Crippen LogP contribution is -2.34. The Morgan fingerprint density at radius 2 is 2.12 bits per heavy atom. The van der Waals surface area contributed by atoms with E-state index < -0.39 is 17.8 Å². The predicted molar refractivity (Wildman–Crippen MR) is 99.8 cm³/mol. The second kappa shape index (κ2) is 9.04. The summed E-state index contributed by atoms with van der Waals surface area (Å²) in [5, 5.41) is 10.8. The number of carbonyl (C=O) groups excluding carboxylic acids is 1. The van der Waals surface area contributed by atoms with E-state index in [0.717, 1.165) is 5.56 Å². The highest BCUT2D eigenvalue weighted by molar-refractivity contribution is 8.02. The van der Waals surface area contributed by atoms with Crippen molar-refractivity contribution in [2.45, 2.75) is 12.8 Å². The number of nitriles is 1. The van der Waals surface area contributed by atoms with Crippen LogP contribution >= 0.6 is 23.4 Å². The molecule has 1 aliphatic heterocycles. The Morgan fingerprint density at radius 1 is 1.40 bits per heavy atom. The molecule has 1 unspecified atom stereocenters. The van der Waals surface area contributed by atoms with Gasteiger partial charge in [0.25, 0.3) is 0 Å². The van der Waals surface area contributed by atoms with Crippen LogP contribution in [0, 0.1) is 17.2 Å². The molecule has 1 aromatic carbocycles. The van der Waals surface area contributed by atoms with Crippen LogP contribution in [0.4, 0.5) is 0 Å². The molecule has 0 aliphatic carbocycles. The Kier molecular flexibility index (Phi) is 7.06. The van der Waals surface area contributed by atoms with E-state index in [0.29, 0.717) is 27.9 Å². The first kappa shape index (κ1) is 19.5. The number of methoxy groups -OCH3 is 1. The number of rotatable bonds is 6. The molecular weight excluding hydrogens is 360 g/mol. The summed E-state index contributed by atoms with van der Waals surface area (Å²) in [5.74, 6) is -1.65. The number of aliphatic imine (C=N–C) groups is 1. The molecule has 0 spiro atoms. The number of ether oxygens (including phenoxy) is 2. The number of thioether (sulfide) groups is 1. The molecule has 0 aromatic heterocycles. The van der Waals surface area contributed by atoms with Crippen LogP contribution in [0.2, 0.25) is 5.02 Å². The lowest BCUT2D eigenvalue weighted by atomic mass is 9.77. The van der Waals surface area contributed by atoms with Gasteiger partial charge >= 0.3 is 5.97 Å². The van der Waals surface area contributed by atoms with Gasteiger partial charge in [-0.05, 0) is 24.8 Å². The van der Waals surface area contributed by atoms with Crippen LogP contribution in [0.1, 0.15) is 18.4 Å². The fraction of sp³-hybridized carbons (Fsp3) is 0.389. The highest BCUT2D eigenvalue weighted by atomic mass is 35.5. The maximum atomic E-state index is 12.7. The smallest absolute Gasteiger partial charge is 0.315 e. The third kappa shape index (κ3) is 4.24. The van der Waals surface area contributed by atoms with Crippen molar-refractivity contribution in [1.29, 1.82) is 5.26 Å². The molecule has 7 heteroatoms. The van der Waals surface area contributed by atoms with Crippen LogP contribution < -0.4 is 0 Å². The van der Waals surface area contributed by atoms with Gasteiger partial charge in [-0.2, -0.15) is 5.26 Å². The van der Waals surface area contributed by atoms with E-state index in [1.807, 2.05) is 24.5 Å². The molecule has 0 amide bonds. The van der Waals surface area contributed by atoms with Gasteiger partial charge in [0.05, 0.1) is 18.2 Å². The summed E-state index contributed by atoms with van der Waals surface area (Å²) < 4.78 is 10.2. The van der Waals surface area contributed by atoms with Crippen LogP contribution in [0.15, 0.2) is 39.9 Å². The number of benzene rings is 1. The normalized spacial score (nSPS) is 20.0. The average Bonchev–Trinajstić information content (AvgIpc) is 2.61. The third-order valence-electron chi connectivity index (χ3n) is 3.94. The van der Waals surface area contributed by atoms with E-state index >= 15 is 0 Å². The van der Waals surface area contributed by atoms with E-state index in [1.165, 1.54) is 18.9 Å². The fourth-order valence-electron chi connectivity index (χ4n) is 2.79. The summed E-state index contributed by atoms with van der Waals surface area (Å²) in [6.45, 7) is 2.23. The molecule has 25 heavy (non-hydrogen) atoms. The van der Waals surface area contributed by atoms with Crippen molar-refractivity contribution >= 4 is 35.0 Å². The number of hydrogen-bond donors (Lipinski definition) is 0. The number of halogens is 1. The first-order valence-electron chi connectivity index (χ1n) is 7.68. The molecular formula is C18H19ClN2O3S. The quantitative estimate of drug-likeness (QED) is 0.556. The average molecular weight is 379 g/mol. The Morgan fingerprint density at radius 3 is 2.72 bits per heavy atom. The molecule has 132 valence electrons. The monoisotopic (exact) mass is 378 g/mol. The fourth-order valence-corrected chi connectivity index (χ4v) is 3.67. The van der Waals surface area contributed by atoms with Gasteiger partial charge in [0, 0.05) is 23.8 Å². The molecule has 0 bridgehead atoms. The minimum atomic E-state index is -0.692. The Bertz CT molecular complexity index is 755. The van der Waals surface area contributed by atoms with Gasteiger partial charge in [-0.1, -0.05) is 29.8 Å².